The summed E-state index contributed by atoms with van der Waals surface area (Å²) in [5, 5.41) is 8.69. The Morgan fingerprint density at radius 1 is 1.16 bits per heavy atom. The van der Waals surface area contributed by atoms with Crippen LogP contribution >= 0.6 is 0 Å². The molecule has 1 aliphatic carbocycles. The number of fused-ring (bicyclic) bond motifs is 1. The van der Waals surface area contributed by atoms with E-state index < -0.39 is 11.9 Å². The highest BCUT2D eigenvalue weighted by atomic mass is 16.6. The number of hydrogen-bond acceptors (Lipinski definition) is 4. The van der Waals surface area contributed by atoms with E-state index >= 15 is 0 Å². The number of aryl methyl sites for hydroxylation is 1. The molecule has 1 heterocycles. The zero-order valence-electron chi connectivity index (χ0n) is 18.6. The van der Waals surface area contributed by atoms with E-state index in [4.69, 9.17) is 9.94 Å². The van der Waals surface area contributed by atoms with Crippen LogP contribution in [0.2, 0.25) is 0 Å². The van der Waals surface area contributed by atoms with Gasteiger partial charge in [-0.1, -0.05) is 56.2 Å². The Morgan fingerprint density at radius 3 is 2.62 bits per heavy atom. The molecule has 32 heavy (non-hydrogen) atoms. The number of aromatic nitrogens is 2. The van der Waals surface area contributed by atoms with Crippen molar-refractivity contribution in [2.24, 2.45) is 0 Å². The van der Waals surface area contributed by atoms with Crippen molar-refractivity contribution in [1.82, 2.24) is 20.6 Å². The van der Waals surface area contributed by atoms with Crippen LogP contribution < -0.4 is 10.8 Å². The maximum absolute atomic E-state index is 12.8. The van der Waals surface area contributed by atoms with Gasteiger partial charge in [0.05, 0.1) is 23.9 Å². The Morgan fingerprint density at radius 2 is 1.91 bits per heavy atom. The first-order chi connectivity index (χ1) is 15.6. The Labute approximate surface area is 188 Å². The van der Waals surface area contributed by atoms with Crippen LogP contribution in [-0.4, -0.2) is 27.6 Å². The molecule has 2 amide bonds. The van der Waals surface area contributed by atoms with Crippen molar-refractivity contribution in [2.75, 3.05) is 0 Å². The molecule has 1 saturated carbocycles. The van der Waals surface area contributed by atoms with Crippen molar-refractivity contribution >= 4 is 22.7 Å². The molecule has 0 saturated heterocycles. The number of carbonyl (C=O) groups excluding carboxylic acids is 2. The molecule has 4 rings (SSSR count). The minimum atomic E-state index is -0.736. The lowest BCUT2D eigenvalue weighted by Crippen LogP contribution is -2.44. The molecule has 3 aromatic rings. The molecule has 168 valence electrons. The quantitative estimate of drug-likeness (QED) is 0.523. The second-order valence-electron chi connectivity index (χ2n) is 8.35. The van der Waals surface area contributed by atoms with Crippen molar-refractivity contribution in [2.45, 2.75) is 64.6 Å². The fourth-order valence-electron chi connectivity index (χ4n) is 4.23. The van der Waals surface area contributed by atoms with Gasteiger partial charge >= 0.3 is 0 Å². The van der Waals surface area contributed by atoms with E-state index in [1.54, 1.807) is 13.0 Å². The number of nitrogens with one attached hydrogen (secondary N) is 2. The zero-order valence-corrected chi connectivity index (χ0v) is 18.6. The monoisotopic (exact) mass is 434 g/mol. The molecular formula is C25H30N4O3. The SMILES string of the molecule is CCc1nn(C2CCCC2)c2cc(C(=O)N[C@@H](C)C(=O)NOCc3ccccc3)ccc12. The number of carbonyl (C=O) groups is 2. The van der Waals surface area contributed by atoms with E-state index in [0.29, 0.717) is 11.6 Å². The second kappa shape index (κ2) is 9.96. The summed E-state index contributed by atoms with van der Waals surface area (Å²) in [6, 6.07) is 14.9. The van der Waals surface area contributed by atoms with Gasteiger partial charge in [0.25, 0.3) is 11.8 Å². The summed E-state index contributed by atoms with van der Waals surface area (Å²) in [5.74, 6) is -0.700. The number of hydrogen-bond donors (Lipinski definition) is 2. The molecule has 0 bridgehead atoms. The molecule has 1 aromatic heterocycles. The molecule has 0 spiro atoms. The Kier molecular flexibility index (Phi) is 6.85. The first-order valence-electron chi connectivity index (χ1n) is 11.3. The Bertz CT molecular complexity index is 1090. The molecule has 0 unspecified atom stereocenters. The standard InChI is InChI=1S/C25H30N4O3/c1-3-22-21-14-13-19(15-23(21)29(27-22)20-11-7-8-12-20)25(31)26-17(2)24(30)28-32-16-18-9-5-4-6-10-18/h4-6,9-10,13-15,17,20H,3,7-8,11-12,16H2,1-2H3,(H,26,31)(H,28,30)/t17-/m0/s1. The molecule has 1 aliphatic rings. The first-order valence-corrected chi connectivity index (χ1v) is 11.3. The van der Waals surface area contributed by atoms with Gasteiger partial charge in [0, 0.05) is 10.9 Å². The summed E-state index contributed by atoms with van der Waals surface area (Å²) in [7, 11) is 0. The van der Waals surface area contributed by atoms with Crippen LogP contribution in [0.15, 0.2) is 48.5 Å². The minimum Gasteiger partial charge on any atom is -0.340 e. The van der Waals surface area contributed by atoms with Gasteiger partial charge in [0.15, 0.2) is 0 Å². The van der Waals surface area contributed by atoms with Gasteiger partial charge in [0.2, 0.25) is 0 Å². The number of benzene rings is 2. The molecule has 7 heteroatoms. The van der Waals surface area contributed by atoms with Crippen molar-refractivity contribution in [3.63, 3.8) is 0 Å². The van der Waals surface area contributed by atoms with Crippen molar-refractivity contribution < 1.29 is 14.4 Å². The van der Waals surface area contributed by atoms with Crippen LogP contribution in [0.3, 0.4) is 0 Å². The third-order valence-corrected chi connectivity index (χ3v) is 6.05. The maximum atomic E-state index is 12.8. The maximum Gasteiger partial charge on any atom is 0.265 e. The molecule has 1 atom stereocenters. The summed E-state index contributed by atoms with van der Waals surface area (Å²) in [4.78, 5) is 30.4. The van der Waals surface area contributed by atoms with E-state index in [1.807, 2.05) is 42.5 Å². The largest absolute Gasteiger partial charge is 0.340 e. The van der Waals surface area contributed by atoms with Crippen LogP contribution in [0.4, 0.5) is 0 Å². The molecule has 2 aromatic carbocycles. The van der Waals surface area contributed by atoms with E-state index in [9.17, 15) is 9.59 Å². The topological polar surface area (TPSA) is 85.2 Å². The molecule has 2 N–H and O–H groups in total. The smallest absolute Gasteiger partial charge is 0.265 e. The van der Waals surface area contributed by atoms with Crippen molar-refractivity contribution in [3.8, 4) is 0 Å². The third-order valence-electron chi connectivity index (χ3n) is 6.05. The average Bonchev–Trinajstić information content (AvgIpc) is 3.47. The lowest BCUT2D eigenvalue weighted by atomic mass is 10.1. The van der Waals surface area contributed by atoms with E-state index in [0.717, 1.165) is 41.4 Å². The predicted molar refractivity (Wildman–Crippen MR) is 123 cm³/mol. The van der Waals surface area contributed by atoms with Crippen molar-refractivity contribution in [1.29, 1.82) is 0 Å². The summed E-state index contributed by atoms with van der Waals surface area (Å²) in [5.41, 5.74) is 5.92. The minimum absolute atomic E-state index is 0.259. The lowest BCUT2D eigenvalue weighted by molar-refractivity contribution is -0.136. The highest BCUT2D eigenvalue weighted by Crippen LogP contribution is 2.33. The van der Waals surface area contributed by atoms with Gasteiger partial charge in [-0.2, -0.15) is 5.10 Å². The number of rotatable bonds is 8. The first kappa shape index (κ1) is 22.0. The van der Waals surface area contributed by atoms with E-state index in [1.165, 1.54) is 12.8 Å². The predicted octanol–water partition coefficient (Wildman–Crippen LogP) is 4.08. The van der Waals surface area contributed by atoms with Crippen LogP contribution in [0.25, 0.3) is 10.9 Å². The summed E-state index contributed by atoms with van der Waals surface area (Å²) >= 11 is 0. The zero-order chi connectivity index (χ0) is 22.5. The van der Waals surface area contributed by atoms with Crippen LogP contribution in [0, 0.1) is 0 Å². The molecule has 1 fully saturated rings. The number of nitrogens with zero attached hydrogens (tertiary/aromatic N) is 2. The summed E-state index contributed by atoms with van der Waals surface area (Å²) in [6.07, 6.45) is 5.52. The van der Waals surface area contributed by atoms with E-state index in [-0.39, 0.29) is 12.5 Å². The van der Waals surface area contributed by atoms with Crippen molar-refractivity contribution in [3.05, 3.63) is 65.4 Å². The molecule has 0 radical (unpaired) electrons. The molecular weight excluding hydrogens is 404 g/mol. The second-order valence-corrected chi connectivity index (χ2v) is 8.35. The summed E-state index contributed by atoms with van der Waals surface area (Å²) in [6.45, 7) is 3.99. The van der Waals surface area contributed by atoms with Gasteiger partial charge < -0.3 is 5.32 Å². The van der Waals surface area contributed by atoms with Gasteiger partial charge in [-0.15, -0.1) is 0 Å². The summed E-state index contributed by atoms with van der Waals surface area (Å²) < 4.78 is 2.10. The highest BCUT2D eigenvalue weighted by Gasteiger charge is 2.23. The Balaban J connectivity index is 1.41. The lowest BCUT2D eigenvalue weighted by Gasteiger charge is -2.15. The molecule has 7 nitrogen and oxygen atoms in total. The third kappa shape index (κ3) is 4.83. The fourth-order valence-corrected chi connectivity index (χ4v) is 4.23. The highest BCUT2D eigenvalue weighted by molar-refractivity contribution is 6.00. The molecule has 0 aliphatic heterocycles. The number of hydroxylamine groups is 1. The fraction of sp³-hybridized carbons (Fsp3) is 0.400. The van der Waals surface area contributed by atoms with Gasteiger partial charge in [-0.25, -0.2) is 5.48 Å². The van der Waals surface area contributed by atoms with E-state index in [2.05, 4.69) is 22.4 Å². The van der Waals surface area contributed by atoms with Gasteiger partial charge in [-0.3, -0.25) is 19.1 Å². The van der Waals surface area contributed by atoms with Gasteiger partial charge in [0.1, 0.15) is 6.04 Å². The van der Waals surface area contributed by atoms with Gasteiger partial charge in [-0.05, 0) is 43.9 Å². The Hall–Kier alpha value is -3.19. The van der Waals surface area contributed by atoms with Crippen LogP contribution in [-0.2, 0) is 22.7 Å². The number of amides is 2. The average molecular weight is 435 g/mol. The van der Waals surface area contributed by atoms with Crippen LogP contribution in [0.1, 0.15) is 67.2 Å². The normalized spacial score (nSPS) is 15.1. The van der Waals surface area contributed by atoms with Crippen LogP contribution in [0.5, 0.6) is 0 Å².